The van der Waals surface area contributed by atoms with Gasteiger partial charge in [-0.2, -0.15) is 0 Å². The molecule has 4 nitrogen and oxygen atoms in total. The Labute approximate surface area is 124 Å². The zero-order valence-electron chi connectivity index (χ0n) is 12.1. The molecule has 2 unspecified atom stereocenters. The Morgan fingerprint density at radius 3 is 2.38 bits per heavy atom. The van der Waals surface area contributed by atoms with Crippen LogP contribution in [0.3, 0.4) is 0 Å². The van der Waals surface area contributed by atoms with E-state index in [1.165, 1.54) is 7.11 Å². The monoisotopic (exact) mass is 285 g/mol. The first kappa shape index (κ1) is 15.2. The molecule has 0 aromatic heterocycles. The minimum absolute atomic E-state index is 0.244. The molecule has 0 saturated carbocycles. The first-order valence-corrected chi connectivity index (χ1v) is 6.78. The van der Waals surface area contributed by atoms with Gasteiger partial charge < -0.3 is 15.2 Å². The molecule has 2 atom stereocenters. The van der Waals surface area contributed by atoms with Crippen molar-refractivity contribution in [3.05, 3.63) is 65.7 Å². The SMILES string of the molecule is COC(C(=O)Nc1cccc(C(C)O)c1)c1ccccc1. The third kappa shape index (κ3) is 3.90. The molecule has 0 spiro atoms. The van der Waals surface area contributed by atoms with Crippen LogP contribution in [0.5, 0.6) is 0 Å². The van der Waals surface area contributed by atoms with Crippen molar-refractivity contribution in [3.63, 3.8) is 0 Å². The number of aliphatic hydroxyl groups is 1. The molecule has 110 valence electrons. The maximum atomic E-state index is 12.3. The number of nitrogens with one attached hydrogen (secondary N) is 1. The lowest BCUT2D eigenvalue weighted by Gasteiger charge is -2.16. The Kier molecular flexibility index (Phi) is 5.09. The van der Waals surface area contributed by atoms with Gasteiger partial charge >= 0.3 is 0 Å². The molecule has 0 saturated heterocycles. The van der Waals surface area contributed by atoms with Gasteiger partial charge in [0, 0.05) is 12.8 Å². The lowest BCUT2D eigenvalue weighted by molar-refractivity contribution is -0.126. The molecule has 0 aliphatic heterocycles. The molecule has 4 heteroatoms. The van der Waals surface area contributed by atoms with Crippen LogP contribution < -0.4 is 5.32 Å². The molecule has 2 rings (SSSR count). The van der Waals surface area contributed by atoms with Gasteiger partial charge in [0.1, 0.15) is 0 Å². The summed E-state index contributed by atoms with van der Waals surface area (Å²) in [6.07, 6.45) is -1.24. The maximum Gasteiger partial charge on any atom is 0.258 e. The van der Waals surface area contributed by atoms with Crippen LogP contribution in [0.15, 0.2) is 54.6 Å². The Balaban J connectivity index is 2.15. The number of hydrogen-bond acceptors (Lipinski definition) is 3. The highest BCUT2D eigenvalue weighted by molar-refractivity contribution is 5.94. The van der Waals surface area contributed by atoms with Gasteiger partial charge in [0.15, 0.2) is 6.10 Å². The van der Waals surface area contributed by atoms with E-state index >= 15 is 0 Å². The topological polar surface area (TPSA) is 58.6 Å². The quantitative estimate of drug-likeness (QED) is 0.887. The van der Waals surface area contributed by atoms with Gasteiger partial charge in [0.2, 0.25) is 0 Å². The molecule has 2 aromatic rings. The summed E-state index contributed by atoms with van der Waals surface area (Å²) < 4.78 is 5.29. The van der Waals surface area contributed by atoms with Crippen molar-refractivity contribution in [2.75, 3.05) is 12.4 Å². The van der Waals surface area contributed by atoms with E-state index in [-0.39, 0.29) is 5.91 Å². The smallest absolute Gasteiger partial charge is 0.258 e. The van der Waals surface area contributed by atoms with E-state index in [9.17, 15) is 9.90 Å². The van der Waals surface area contributed by atoms with E-state index in [1.54, 1.807) is 25.1 Å². The Bertz CT molecular complexity index is 596. The third-order valence-corrected chi connectivity index (χ3v) is 3.21. The fourth-order valence-electron chi connectivity index (χ4n) is 2.11. The predicted molar refractivity (Wildman–Crippen MR) is 81.9 cm³/mol. The normalized spacial score (nSPS) is 13.5. The van der Waals surface area contributed by atoms with E-state index in [0.717, 1.165) is 11.1 Å². The van der Waals surface area contributed by atoms with Crippen LogP contribution >= 0.6 is 0 Å². The van der Waals surface area contributed by atoms with Crippen LogP contribution in [0, 0.1) is 0 Å². The third-order valence-electron chi connectivity index (χ3n) is 3.21. The van der Waals surface area contributed by atoms with Gasteiger partial charge in [-0.05, 0) is 30.2 Å². The highest BCUT2D eigenvalue weighted by Crippen LogP contribution is 2.21. The Morgan fingerprint density at radius 2 is 1.76 bits per heavy atom. The van der Waals surface area contributed by atoms with Crippen molar-refractivity contribution >= 4 is 11.6 Å². The molecule has 0 heterocycles. The summed E-state index contributed by atoms with van der Waals surface area (Å²) in [5.41, 5.74) is 2.18. The number of amides is 1. The lowest BCUT2D eigenvalue weighted by Crippen LogP contribution is -2.22. The highest BCUT2D eigenvalue weighted by atomic mass is 16.5. The van der Waals surface area contributed by atoms with E-state index in [2.05, 4.69) is 5.32 Å². The molecule has 0 aliphatic carbocycles. The fraction of sp³-hybridized carbons (Fsp3) is 0.235. The summed E-state index contributed by atoms with van der Waals surface area (Å²) in [6.45, 7) is 1.68. The minimum Gasteiger partial charge on any atom is -0.389 e. The summed E-state index contributed by atoms with van der Waals surface area (Å²) >= 11 is 0. The van der Waals surface area contributed by atoms with Crippen molar-refractivity contribution in [2.45, 2.75) is 19.1 Å². The second-order valence-electron chi connectivity index (χ2n) is 4.82. The van der Waals surface area contributed by atoms with Gasteiger partial charge in [-0.1, -0.05) is 42.5 Å². The van der Waals surface area contributed by atoms with Crippen molar-refractivity contribution in [1.82, 2.24) is 0 Å². The Hall–Kier alpha value is -2.17. The van der Waals surface area contributed by atoms with Crippen LogP contribution in [0.2, 0.25) is 0 Å². The fourth-order valence-corrected chi connectivity index (χ4v) is 2.11. The molecule has 2 aromatic carbocycles. The standard InChI is InChI=1S/C17H19NO3/c1-12(19)14-9-6-10-15(11-14)18-17(20)16(21-2)13-7-4-3-5-8-13/h3-12,16,19H,1-2H3,(H,18,20). The van der Waals surface area contributed by atoms with Crippen LogP contribution in [0.4, 0.5) is 5.69 Å². The molecule has 0 fully saturated rings. The average Bonchev–Trinajstić information content (AvgIpc) is 2.49. The average molecular weight is 285 g/mol. The van der Waals surface area contributed by atoms with E-state index in [4.69, 9.17) is 4.74 Å². The van der Waals surface area contributed by atoms with Crippen LogP contribution in [0.25, 0.3) is 0 Å². The zero-order valence-corrected chi connectivity index (χ0v) is 12.1. The number of carbonyl (C=O) groups excluding carboxylic acids is 1. The number of benzene rings is 2. The summed E-state index contributed by atoms with van der Waals surface area (Å²) in [5, 5.41) is 12.4. The van der Waals surface area contributed by atoms with Gasteiger partial charge in [0.25, 0.3) is 5.91 Å². The van der Waals surface area contributed by atoms with Crippen molar-refractivity contribution in [3.8, 4) is 0 Å². The number of methoxy groups -OCH3 is 1. The highest BCUT2D eigenvalue weighted by Gasteiger charge is 2.19. The maximum absolute atomic E-state index is 12.3. The number of carbonyl (C=O) groups is 1. The van der Waals surface area contributed by atoms with Crippen LogP contribution in [-0.2, 0) is 9.53 Å². The first-order valence-electron chi connectivity index (χ1n) is 6.78. The predicted octanol–water partition coefficient (Wildman–Crippen LogP) is 3.07. The van der Waals surface area contributed by atoms with E-state index in [0.29, 0.717) is 5.69 Å². The number of rotatable bonds is 5. The summed E-state index contributed by atoms with van der Waals surface area (Å²) in [6, 6.07) is 16.4. The molecule has 2 N–H and O–H groups in total. The van der Waals surface area contributed by atoms with Gasteiger partial charge in [-0.3, -0.25) is 4.79 Å². The van der Waals surface area contributed by atoms with Crippen LogP contribution in [-0.4, -0.2) is 18.1 Å². The summed E-state index contributed by atoms with van der Waals surface area (Å²) in [5.74, 6) is -0.244. The second-order valence-corrected chi connectivity index (χ2v) is 4.82. The first-order chi connectivity index (χ1) is 10.1. The lowest BCUT2D eigenvalue weighted by atomic mass is 10.1. The van der Waals surface area contributed by atoms with Crippen LogP contribution in [0.1, 0.15) is 30.3 Å². The number of hydrogen-bond donors (Lipinski definition) is 2. The second kappa shape index (κ2) is 7.02. The molecule has 1 amide bonds. The van der Waals surface area contributed by atoms with Crippen molar-refractivity contribution in [2.24, 2.45) is 0 Å². The summed E-state index contributed by atoms with van der Waals surface area (Å²) in [7, 11) is 1.50. The van der Waals surface area contributed by atoms with Crippen molar-refractivity contribution in [1.29, 1.82) is 0 Å². The molecule has 0 radical (unpaired) electrons. The van der Waals surface area contributed by atoms with E-state index in [1.807, 2.05) is 36.4 Å². The Morgan fingerprint density at radius 1 is 1.10 bits per heavy atom. The van der Waals surface area contributed by atoms with Gasteiger partial charge in [-0.15, -0.1) is 0 Å². The number of ether oxygens (including phenoxy) is 1. The summed E-state index contributed by atoms with van der Waals surface area (Å²) in [4.78, 5) is 12.3. The number of aliphatic hydroxyl groups excluding tert-OH is 1. The number of anilines is 1. The molecule has 0 aliphatic rings. The zero-order chi connectivity index (χ0) is 15.2. The van der Waals surface area contributed by atoms with Gasteiger partial charge in [0.05, 0.1) is 6.10 Å². The van der Waals surface area contributed by atoms with Gasteiger partial charge in [-0.25, -0.2) is 0 Å². The minimum atomic E-state index is -0.665. The van der Waals surface area contributed by atoms with Crippen molar-refractivity contribution < 1.29 is 14.6 Å². The molecular formula is C17H19NO3. The molecule has 0 bridgehead atoms. The molecule has 21 heavy (non-hydrogen) atoms. The largest absolute Gasteiger partial charge is 0.389 e. The molecular weight excluding hydrogens is 266 g/mol. The van der Waals surface area contributed by atoms with E-state index < -0.39 is 12.2 Å².